The SMILES string of the molecule is O=C(Nc1ccccc1)Nc1ccc(NC(=O)c2cccc(S(=O)(=O)NCC3CC3)c2)cc1. The highest BCUT2D eigenvalue weighted by molar-refractivity contribution is 7.89. The lowest BCUT2D eigenvalue weighted by Gasteiger charge is -2.10. The van der Waals surface area contributed by atoms with Crippen molar-refractivity contribution in [3.05, 3.63) is 84.4 Å². The molecule has 1 fully saturated rings. The fourth-order valence-corrected chi connectivity index (χ4v) is 4.25. The molecule has 0 spiro atoms. The Bertz CT molecular complexity index is 1240. The highest BCUT2D eigenvalue weighted by Crippen LogP contribution is 2.28. The van der Waals surface area contributed by atoms with Crippen LogP contribution in [0.2, 0.25) is 0 Å². The lowest BCUT2D eigenvalue weighted by Crippen LogP contribution is -2.26. The third-order valence-corrected chi connectivity index (χ3v) is 6.52. The number of carbonyl (C=O) groups is 2. The minimum Gasteiger partial charge on any atom is -0.322 e. The summed E-state index contributed by atoms with van der Waals surface area (Å²) in [5.41, 5.74) is 1.96. The van der Waals surface area contributed by atoms with E-state index in [0.717, 1.165) is 12.8 Å². The van der Waals surface area contributed by atoms with Gasteiger partial charge in [-0.2, -0.15) is 0 Å². The van der Waals surface area contributed by atoms with Crippen LogP contribution in [0.5, 0.6) is 0 Å². The van der Waals surface area contributed by atoms with Crippen LogP contribution in [0.1, 0.15) is 23.2 Å². The monoisotopic (exact) mass is 464 g/mol. The van der Waals surface area contributed by atoms with Crippen molar-refractivity contribution < 1.29 is 18.0 Å². The fraction of sp³-hybridized carbons (Fsp3) is 0.167. The van der Waals surface area contributed by atoms with Crippen LogP contribution in [-0.4, -0.2) is 26.9 Å². The fourth-order valence-electron chi connectivity index (χ4n) is 3.09. The van der Waals surface area contributed by atoms with Gasteiger partial charge in [0.1, 0.15) is 0 Å². The number of para-hydroxylation sites is 1. The van der Waals surface area contributed by atoms with Crippen molar-refractivity contribution in [2.75, 3.05) is 22.5 Å². The molecule has 4 N–H and O–H groups in total. The molecule has 1 aliphatic rings. The third-order valence-electron chi connectivity index (χ3n) is 5.10. The van der Waals surface area contributed by atoms with Gasteiger partial charge in [0.2, 0.25) is 10.0 Å². The minimum atomic E-state index is -3.66. The van der Waals surface area contributed by atoms with Crippen LogP contribution in [0.3, 0.4) is 0 Å². The van der Waals surface area contributed by atoms with Crippen LogP contribution in [0, 0.1) is 5.92 Å². The van der Waals surface area contributed by atoms with Crippen molar-refractivity contribution in [3.63, 3.8) is 0 Å². The van der Waals surface area contributed by atoms with Gasteiger partial charge in [0.05, 0.1) is 4.90 Å². The molecule has 0 bridgehead atoms. The lowest BCUT2D eigenvalue weighted by molar-refractivity contribution is 0.102. The van der Waals surface area contributed by atoms with Crippen LogP contribution in [0.25, 0.3) is 0 Å². The summed E-state index contributed by atoms with van der Waals surface area (Å²) in [5, 5.41) is 8.17. The molecule has 0 aromatic heterocycles. The number of amides is 3. The van der Waals surface area contributed by atoms with E-state index in [1.54, 1.807) is 48.5 Å². The molecule has 3 amide bonds. The first-order chi connectivity index (χ1) is 15.9. The van der Waals surface area contributed by atoms with Gasteiger partial charge >= 0.3 is 6.03 Å². The number of sulfonamides is 1. The van der Waals surface area contributed by atoms with Gasteiger partial charge in [-0.25, -0.2) is 17.9 Å². The molecule has 0 radical (unpaired) electrons. The minimum absolute atomic E-state index is 0.0553. The van der Waals surface area contributed by atoms with Crippen LogP contribution < -0.4 is 20.7 Å². The Morgan fingerprint density at radius 2 is 1.36 bits per heavy atom. The quantitative estimate of drug-likeness (QED) is 0.398. The van der Waals surface area contributed by atoms with E-state index in [4.69, 9.17) is 0 Å². The average molecular weight is 465 g/mol. The second-order valence-corrected chi connectivity index (χ2v) is 9.57. The van der Waals surface area contributed by atoms with Crippen LogP contribution in [-0.2, 0) is 10.0 Å². The first kappa shape index (κ1) is 22.5. The lowest BCUT2D eigenvalue weighted by atomic mass is 10.2. The second-order valence-electron chi connectivity index (χ2n) is 7.80. The number of anilines is 3. The number of urea groups is 1. The molecule has 0 heterocycles. The summed E-state index contributed by atoms with van der Waals surface area (Å²) in [6.07, 6.45) is 2.08. The van der Waals surface area contributed by atoms with Crippen molar-refractivity contribution in [2.24, 2.45) is 5.92 Å². The van der Waals surface area contributed by atoms with E-state index >= 15 is 0 Å². The number of hydrogen-bond donors (Lipinski definition) is 4. The molecule has 1 saturated carbocycles. The maximum absolute atomic E-state index is 12.6. The zero-order chi connectivity index (χ0) is 23.3. The molecule has 9 heteroatoms. The van der Waals surface area contributed by atoms with Crippen LogP contribution >= 0.6 is 0 Å². The molecule has 0 saturated heterocycles. The molecular formula is C24H24N4O4S. The van der Waals surface area contributed by atoms with Crippen molar-refractivity contribution in [3.8, 4) is 0 Å². The molecule has 0 atom stereocenters. The zero-order valence-electron chi connectivity index (χ0n) is 17.7. The number of nitrogens with one attached hydrogen (secondary N) is 4. The number of rotatable bonds is 8. The van der Waals surface area contributed by atoms with Gasteiger partial charge in [-0.05, 0) is 73.4 Å². The highest BCUT2D eigenvalue weighted by atomic mass is 32.2. The topological polar surface area (TPSA) is 116 Å². The van der Waals surface area contributed by atoms with Gasteiger partial charge in [-0.3, -0.25) is 4.79 Å². The Morgan fingerprint density at radius 1 is 0.758 bits per heavy atom. The molecular weight excluding hydrogens is 440 g/mol. The molecule has 170 valence electrons. The molecule has 4 rings (SSSR count). The maximum Gasteiger partial charge on any atom is 0.323 e. The van der Waals surface area contributed by atoms with E-state index in [1.807, 2.05) is 18.2 Å². The van der Waals surface area contributed by atoms with Gasteiger partial charge < -0.3 is 16.0 Å². The number of hydrogen-bond acceptors (Lipinski definition) is 4. The predicted octanol–water partition coefficient (Wildman–Crippen LogP) is 4.27. The van der Waals surface area contributed by atoms with E-state index < -0.39 is 15.9 Å². The summed E-state index contributed by atoms with van der Waals surface area (Å²) in [7, 11) is -3.66. The van der Waals surface area contributed by atoms with Gasteiger partial charge in [0, 0.05) is 29.2 Å². The van der Waals surface area contributed by atoms with Gasteiger partial charge in [0.25, 0.3) is 5.91 Å². The van der Waals surface area contributed by atoms with Gasteiger partial charge in [-0.1, -0.05) is 24.3 Å². The van der Waals surface area contributed by atoms with E-state index in [9.17, 15) is 18.0 Å². The summed E-state index contributed by atoms with van der Waals surface area (Å²) >= 11 is 0. The van der Waals surface area contributed by atoms with E-state index in [2.05, 4.69) is 20.7 Å². The smallest absolute Gasteiger partial charge is 0.322 e. The Morgan fingerprint density at radius 3 is 2.00 bits per heavy atom. The Labute approximate surface area is 192 Å². The largest absolute Gasteiger partial charge is 0.323 e. The van der Waals surface area contributed by atoms with Crippen LogP contribution in [0.15, 0.2) is 83.8 Å². The van der Waals surface area contributed by atoms with E-state index in [0.29, 0.717) is 29.5 Å². The summed E-state index contributed by atoms with van der Waals surface area (Å²) in [5.74, 6) is -0.0232. The average Bonchev–Trinajstić information content (AvgIpc) is 3.64. The van der Waals surface area contributed by atoms with Crippen molar-refractivity contribution in [2.45, 2.75) is 17.7 Å². The van der Waals surface area contributed by atoms with Crippen molar-refractivity contribution in [1.82, 2.24) is 4.72 Å². The number of carbonyl (C=O) groups excluding carboxylic acids is 2. The zero-order valence-corrected chi connectivity index (χ0v) is 18.6. The first-order valence-corrected chi connectivity index (χ1v) is 12.0. The number of benzene rings is 3. The highest BCUT2D eigenvalue weighted by Gasteiger charge is 2.24. The predicted molar refractivity (Wildman–Crippen MR) is 128 cm³/mol. The Hall–Kier alpha value is -3.69. The van der Waals surface area contributed by atoms with Gasteiger partial charge in [-0.15, -0.1) is 0 Å². The molecule has 0 unspecified atom stereocenters. The normalized spacial score (nSPS) is 13.2. The molecule has 8 nitrogen and oxygen atoms in total. The van der Waals surface area contributed by atoms with Crippen LogP contribution in [0.4, 0.5) is 21.9 Å². The standard InChI is InChI=1S/C24H24N4O4S/c29-23(18-5-4-8-22(15-18)33(31,32)25-16-17-9-10-17)26-20-11-13-21(14-12-20)28-24(30)27-19-6-2-1-3-7-19/h1-8,11-15,17,25H,9-10,16H2,(H,26,29)(H2,27,28,30). The summed E-state index contributed by atoms with van der Waals surface area (Å²) in [4.78, 5) is 24.8. The van der Waals surface area contributed by atoms with Crippen molar-refractivity contribution >= 4 is 39.0 Å². The van der Waals surface area contributed by atoms with E-state index in [-0.39, 0.29) is 16.5 Å². The Kier molecular flexibility index (Phi) is 6.71. The summed E-state index contributed by atoms with van der Waals surface area (Å²) in [6, 6.07) is 21.2. The molecule has 33 heavy (non-hydrogen) atoms. The summed E-state index contributed by atoms with van der Waals surface area (Å²) in [6.45, 7) is 0.419. The second kappa shape index (κ2) is 9.85. The van der Waals surface area contributed by atoms with Crippen molar-refractivity contribution in [1.29, 1.82) is 0 Å². The third kappa shape index (κ3) is 6.41. The molecule has 0 aliphatic heterocycles. The first-order valence-electron chi connectivity index (χ1n) is 10.5. The maximum atomic E-state index is 12.6. The molecule has 3 aromatic rings. The molecule has 1 aliphatic carbocycles. The Balaban J connectivity index is 1.35. The van der Waals surface area contributed by atoms with Gasteiger partial charge in [0.15, 0.2) is 0 Å². The summed E-state index contributed by atoms with van der Waals surface area (Å²) < 4.78 is 27.5. The molecule has 3 aromatic carbocycles. The van der Waals surface area contributed by atoms with E-state index in [1.165, 1.54) is 12.1 Å².